The van der Waals surface area contributed by atoms with Gasteiger partial charge in [0, 0.05) is 5.69 Å². The Morgan fingerprint density at radius 2 is 1.38 bits per heavy atom. The third kappa shape index (κ3) is 3.00. The molecule has 1 heterocycles. The molecule has 2 aromatic carbocycles. The molecule has 7 heteroatoms. The van der Waals surface area contributed by atoms with Gasteiger partial charge in [0.1, 0.15) is 6.54 Å². The highest BCUT2D eigenvalue weighted by molar-refractivity contribution is 6.22. The summed E-state index contributed by atoms with van der Waals surface area (Å²) >= 11 is 0. The third-order valence-corrected chi connectivity index (χ3v) is 3.46. The highest BCUT2D eigenvalue weighted by Crippen LogP contribution is 2.21. The Balaban J connectivity index is 1.61. The molecule has 0 aliphatic carbocycles. The molecular weight excluding hydrogens is 310 g/mol. The van der Waals surface area contributed by atoms with Gasteiger partial charge in [0.05, 0.1) is 11.1 Å². The first-order valence-corrected chi connectivity index (χ1v) is 7.17. The predicted octanol–water partition coefficient (Wildman–Crippen LogP) is 1.63. The van der Waals surface area contributed by atoms with Crippen LogP contribution < -0.4 is 10.6 Å². The number of rotatable bonds is 3. The zero-order valence-electron chi connectivity index (χ0n) is 12.5. The maximum atomic E-state index is 12.1. The highest BCUT2D eigenvalue weighted by atomic mass is 16.2. The van der Waals surface area contributed by atoms with E-state index in [1.165, 1.54) is 12.1 Å². The van der Waals surface area contributed by atoms with Gasteiger partial charge in [-0.25, -0.2) is 4.79 Å². The van der Waals surface area contributed by atoms with Gasteiger partial charge in [-0.15, -0.1) is 0 Å². The number of amides is 5. The maximum Gasteiger partial charge on any atom is 0.325 e. The molecule has 5 amide bonds. The van der Waals surface area contributed by atoms with Crippen LogP contribution in [0.4, 0.5) is 10.5 Å². The average Bonchev–Trinajstić information content (AvgIpc) is 2.81. The molecule has 0 radical (unpaired) electrons. The minimum Gasteiger partial charge on any atom is -0.308 e. The lowest BCUT2D eigenvalue weighted by atomic mass is 10.1. The monoisotopic (exact) mass is 323 g/mol. The fourth-order valence-electron chi connectivity index (χ4n) is 2.38. The molecular formula is C17H13N3O4. The van der Waals surface area contributed by atoms with E-state index in [2.05, 4.69) is 10.6 Å². The summed E-state index contributed by atoms with van der Waals surface area (Å²) in [5.41, 5.74) is 1.02. The summed E-state index contributed by atoms with van der Waals surface area (Å²) in [5, 5.41) is 4.57. The van der Waals surface area contributed by atoms with E-state index in [-0.39, 0.29) is 11.1 Å². The maximum absolute atomic E-state index is 12.1. The Hall–Kier alpha value is -3.48. The number of carbonyl (C=O) groups excluding carboxylic acids is 4. The molecule has 3 rings (SSSR count). The van der Waals surface area contributed by atoms with Gasteiger partial charge in [0.2, 0.25) is 5.91 Å². The smallest absolute Gasteiger partial charge is 0.308 e. The number of carbonyl (C=O) groups is 4. The standard InChI is InChI=1S/C17H13N3O4/c21-14(19-17(24)18-11-6-2-1-3-7-11)10-20-15(22)12-8-4-5-9-13(12)16(20)23/h1-9H,10H2,(H2,18,19,21,24). The quantitative estimate of drug-likeness (QED) is 0.839. The second-order valence-electron chi connectivity index (χ2n) is 5.11. The highest BCUT2D eigenvalue weighted by Gasteiger charge is 2.36. The minimum atomic E-state index is -0.752. The van der Waals surface area contributed by atoms with Crippen LogP contribution in [0.3, 0.4) is 0 Å². The number of imide groups is 2. The van der Waals surface area contributed by atoms with E-state index in [4.69, 9.17) is 0 Å². The van der Waals surface area contributed by atoms with Crippen molar-refractivity contribution < 1.29 is 19.2 Å². The fraction of sp³-hybridized carbons (Fsp3) is 0.0588. The molecule has 0 saturated carbocycles. The molecule has 0 unspecified atom stereocenters. The zero-order chi connectivity index (χ0) is 17.1. The van der Waals surface area contributed by atoms with Crippen molar-refractivity contribution in [2.75, 3.05) is 11.9 Å². The first kappa shape index (κ1) is 15.4. The van der Waals surface area contributed by atoms with Crippen molar-refractivity contribution in [3.05, 3.63) is 65.7 Å². The molecule has 0 spiro atoms. The van der Waals surface area contributed by atoms with Crippen LogP contribution in [0, 0.1) is 0 Å². The fourth-order valence-corrected chi connectivity index (χ4v) is 2.38. The number of anilines is 1. The lowest BCUT2D eigenvalue weighted by molar-refractivity contribution is -0.120. The topological polar surface area (TPSA) is 95.6 Å². The summed E-state index contributed by atoms with van der Waals surface area (Å²) in [6.45, 7) is -0.519. The van der Waals surface area contributed by atoms with E-state index < -0.39 is 30.3 Å². The van der Waals surface area contributed by atoms with Gasteiger partial charge < -0.3 is 5.32 Å². The van der Waals surface area contributed by atoms with Crippen LogP contribution in [0.2, 0.25) is 0 Å². The molecule has 0 saturated heterocycles. The van der Waals surface area contributed by atoms with Crippen LogP contribution in [0.15, 0.2) is 54.6 Å². The van der Waals surface area contributed by atoms with E-state index in [0.717, 1.165) is 4.90 Å². The second kappa shape index (κ2) is 6.33. The lowest BCUT2D eigenvalue weighted by Gasteiger charge is -2.13. The van der Waals surface area contributed by atoms with Crippen molar-refractivity contribution in [2.24, 2.45) is 0 Å². The van der Waals surface area contributed by atoms with E-state index >= 15 is 0 Å². The Labute approximate surface area is 137 Å². The molecule has 2 N–H and O–H groups in total. The van der Waals surface area contributed by atoms with Gasteiger partial charge in [0.15, 0.2) is 0 Å². The van der Waals surface area contributed by atoms with Gasteiger partial charge >= 0.3 is 6.03 Å². The molecule has 0 bridgehead atoms. The summed E-state index contributed by atoms with van der Waals surface area (Å²) in [4.78, 5) is 48.8. The van der Waals surface area contributed by atoms with Crippen LogP contribution in [-0.2, 0) is 4.79 Å². The minimum absolute atomic E-state index is 0.254. The first-order chi connectivity index (χ1) is 11.6. The first-order valence-electron chi connectivity index (χ1n) is 7.17. The summed E-state index contributed by atoms with van der Waals surface area (Å²) in [7, 11) is 0. The van der Waals surface area contributed by atoms with Gasteiger partial charge in [-0.05, 0) is 24.3 Å². The predicted molar refractivity (Wildman–Crippen MR) is 85.4 cm³/mol. The van der Waals surface area contributed by atoms with Crippen LogP contribution in [0.25, 0.3) is 0 Å². The number of nitrogens with one attached hydrogen (secondary N) is 2. The lowest BCUT2D eigenvalue weighted by Crippen LogP contribution is -2.43. The molecule has 120 valence electrons. The third-order valence-electron chi connectivity index (χ3n) is 3.46. The average molecular weight is 323 g/mol. The Kier molecular flexibility index (Phi) is 4.07. The van der Waals surface area contributed by atoms with Crippen molar-refractivity contribution in [1.82, 2.24) is 10.2 Å². The zero-order valence-corrected chi connectivity index (χ0v) is 12.5. The molecule has 0 aromatic heterocycles. The SMILES string of the molecule is O=C(CN1C(=O)c2ccccc2C1=O)NC(=O)Nc1ccccc1. The van der Waals surface area contributed by atoms with E-state index in [0.29, 0.717) is 5.69 Å². The second-order valence-corrected chi connectivity index (χ2v) is 5.11. The van der Waals surface area contributed by atoms with E-state index in [1.807, 2.05) is 0 Å². The summed E-state index contributed by atoms with van der Waals surface area (Å²) in [5.74, 6) is -1.85. The van der Waals surface area contributed by atoms with Crippen molar-refractivity contribution in [3.63, 3.8) is 0 Å². The molecule has 2 aromatic rings. The number of hydrogen-bond acceptors (Lipinski definition) is 4. The number of benzene rings is 2. The summed E-state index contributed by atoms with van der Waals surface area (Å²) in [6.07, 6.45) is 0. The van der Waals surface area contributed by atoms with Crippen LogP contribution >= 0.6 is 0 Å². The molecule has 0 atom stereocenters. The van der Waals surface area contributed by atoms with Crippen molar-refractivity contribution in [3.8, 4) is 0 Å². The van der Waals surface area contributed by atoms with Gasteiger partial charge in [-0.3, -0.25) is 24.6 Å². The van der Waals surface area contributed by atoms with Gasteiger partial charge in [0.25, 0.3) is 11.8 Å². The van der Waals surface area contributed by atoms with Crippen LogP contribution in [0.5, 0.6) is 0 Å². The van der Waals surface area contributed by atoms with Crippen molar-refractivity contribution in [1.29, 1.82) is 0 Å². The molecule has 1 aliphatic heterocycles. The van der Waals surface area contributed by atoms with Crippen molar-refractivity contribution >= 4 is 29.4 Å². The number of urea groups is 1. The van der Waals surface area contributed by atoms with E-state index in [1.54, 1.807) is 42.5 Å². The van der Waals surface area contributed by atoms with E-state index in [9.17, 15) is 19.2 Å². The van der Waals surface area contributed by atoms with Gasteiger partial charge in [-0.2, -0.15) is 0 Å². The Morgan fingerprint density at radius 1 is 0.833 bits per heavy atom. The molecule has 7 nitrogen and oxygen atoms in total. The Bertz CT molecular complexity index is 798. The summed E-state index contributed by atoms with van der Waals surface area (Å²) in [6, 6.07) is 14.2. The molecule has 1 aliphatic rings. The van der Waals surface area contributed by atoms with Crippen LogP contribution in [-0.4, -0.2) is 35.2 Å². The normalized spacial score (nSPS) is 12.8. The molecule has 0 fully saturated rings. The summed E-state index contributed by atoms with van der Waals surface area (Å²) < 4.78 is 0. The largest absolute Gasteiger partial charge is 0.325 e. The number of para-hydroxylation sites is 1. The number of hydrogen-bond donors (Lipinski definition) is 2. The number of nitrogens with zero attached hydrogens (tertiary/aromatic N) is 1. The number of fused-ring (bicyclic) bond motifs is 1. The molecule has 24 heavy (non-hydrogen) atoms. The van der Waals surface area contributed by atoms with Crippen LogP contribution in [0.1, 0.15) is 20.7 Å². The Morgan fingerprint density at radius 3 is 1.96 bits per heavy atom. The van der Waals surface area contributed by atoms with Crippen molar-refractivity contribution in [2.45, 2.75) is 0 Å². The van der Waals surface area contributed by atoms with Gasteiger partial charge in [-0.1, -0.05) is 30.3 Å².